The predicted octanol–water partition coefficient (Wildman–Crippen LogP) is -5.34. The first kappa shape index (κ1) is 55.6. The Morgan fingerprint density at radius 1 is 0.438 bits per heavy atom. The van der Waals surface area contributed by atoms with E-state index in [0.29, 0.717) is 19.5 Å². The Labute approximate surface area is 290 Å². The van der Waals surface area contributed by atoms with Gasteiger partial charge in [0.25, 0.3) is 0 Å². The van der Waals surface area contributed by atoms with Crippen LogP contribution in [0.15, 0.2) is 0 Å². The van der Waals surface area contributed by atoms with Crippen molar-refractivity contribution in [2.45, 2.75) is 57.7 Å². The lowest BCUT2D eigenvalue weighted by Gasteiger charge is -2.36. The second-order valence-electron chi connectivity index (χ2n) is 10.0. The molecule has 0 spiro atoms. The molecule has 0 aromatic carbocycles. The SMILES string of the molecule is CO.CO[Si](CCCN)(OC)OC.CO[Si](CCCN)(OC)O[Si](O)(O[Si](C)(C)O)O[Si](C)(O)O.C[Si](O)(O)O[Si](O)(O)O[Si](C)(O)O. The molecule has 0 bridgehead atoms. The molecule has 0 saturated carbocycles. The van der Waals surface area contributed by atoms with Gasteiger partial charge in [0.2, 0.25) is 0 Å². The third kappa shape index (κ3) is 31.5. The minimum absolute atomic E-state index is 0.265. The van der Waals surface area contributed by atoms with Gasteiger partial charge in [-0.25, -0.2) is 0 Å². The minimum Gasteiger partial charge on any atom is -0.411 e. The summed E-state index contributed by atoms with van der Waals surface area (Å²) in [5.41, 5.74) is 10.8. The van der Waals surface area contributed by atoms with Crippen LogP contribution >= 0.6 is 0 Å². The van der Waals surface area contributed by atoms with Crippen molar-refractivity contribution in [1.29, 1.82) is 0 Å². The van der Waals surface area contributed by atoms with E-state index in [1.165, 1.54) is 27.3 Å². The lowest BCUT2D eigenvalue weighted by molar-refractivity contribution is 0.0466. The van der Waals surface area contributed by atoms with Crippen LogP contribution in [0.4, 0.5) is 0 Å². The fourth-order valence-corrected chi connectivity index (χ4v) is 19.2. The van der Waals surface area contributed by atoms with Crippen molar-refractivity contribution in [3.8, 4) is 0 Å². The van der Waals surface area contributed by atoms with Gasteiger partial charge >= 0.3 is 70.7 Å². The Hall–Kier alpha value is 0.815. The van der Waals surface area contributed by atoms with Crippen molar-refractivity contribution in [2.24, 2.45) is 11.5 Å². The smallest absolute Gasteiger partial charge is 0.411 e. The number of hydrogen-bond acceptors (Lipinski definition) is 23. The zero-order valence-corrected chi connectivity index (χ0v) is 37.4. The van der Waals surface area contributed by atoms with Gasteiger partial charge in [0, 0.05) is 74.4 Å². The summed E-state index contributed by atoms with van der Waals surface area (Å²) in [6, 6.07) is 1.05. The molecule has 0 radical (unpaired) electrons. The van der Waals surface area contributed by atoms with E-state index in [4.69, 9.17) is 79.8 Å². The van der Waals surface area contributed by atoms with Gasteiger partial charge in [-0.3, -0.25) is 0 Å². The van der Waals surface area contributed by atoms with E-state index in [1.807, 2.05) is 0 Å². The summed E-state index contributed by atoms with van der Waals surface area (Å²) in [6.45, 7) is 6.43. The maximum atomic E-state index is 10.5. The molecule has 0 aromatic rings. The van der Waals surface area contributed by atoms with E-state index in [1.54, 1.807) is 21.3 Å². The molecule has 0 amide bonds. The molecule has 0 rings (SSSR count). The molecule has 0 saturated heterocycles. The van der Waals surface area contributed by atoms with Gasteiger partial charge in [0.05, 0.1) is 0 Å². The van der Waals surface area contributed by atoms with Crippen LogP contribution in [0.25, 0.3) is 0 Å². The quantitative estimate of drug-likeness (QED) is 0.0479. The van der Waals surface area contributed by atoms with E-state index in [-0.39, 0.29) is 6.04 Å². The Morgan fingerprint density at radius 3 is 0.958 bits per heavy atom. The van der Waals surface area contributed by atoms with Crippen molar-refractivity contribution in [2.75, 3.05) is 55.7 Å². The molecule has 0 aromatic heterocycles. The minimum atomic E-state index is -4.85. The van der Waals surface area contributed by atoms with Crippen molar-refractivity contribution in [1.82, 2.24) is 0 Å². The molecule has 1 unspecified atom stereocenters. The number of hydrogen-bond donors (Lipinski definition) is 13. The summed E-state index contributed by atoms with van der Waals surface area (Å²) < 4.78 is 49.5. The van der Waals surface area contributed by atoms with Crippen LogP contribution in [-0.2, 0) is 42.7 Å². The van der Waals surface area contributed by atoms with Crippen molar-refractivity contribution in [3.63, 3.8) is 0 Å². The Morgan fingerprint density at radius 2 is 0.729 bits per heavy atom. The topological polar surface area (TPSA) is 367 Å². The fourth-order valence-electron chi connectivity index (χ4n) is 2.96. The third-order valence-electron chi connectivity index (χ3n) is 4.57. The van der Waals surface area contributed by atoms with Gasteiger partial charge in [-0.05, 0) is 39.0 Å². The standard InChI is InChI=1S/C8H27NO9Si4.C6H17NO3Si.C2H12O8Si3.CH4O/c1-14-21(15-2,8-6-7-9)18-22(13,16-19(3,4)10)17-20(5,11)12;1-8-11(9-2,10-3)6-4-5-7;1-11(3,4)9-13(7,8)10-12(2,5)6;1-2/h10-13H,6-9H2,1-5H3;4-7H2,1-3H3;3-8H,1-2H3;2H,1H3. The number of rotatable bonds is 21. The van der Waals surface area contributed by atoms with Crippen molar-refractivity contribution < 1.29 is 95.8 Å². The second-order valence-corrected chi connectivity index (χ2v) is 30.5. The molecule has 31 heteroatoms. The molecule has 0 aliphatic carbocycles. The lowest BCUT2D eigenvalue weighted by Crippen LogP contribution is -2.65. The third-order valence-corrected chi connectivity index (χ3v) is 22.7. The van der Waals surface area contributed by atoms with E-state index < -0.39 is 70.7 Å². The van der Waals surface area contributed by atoms with Crippen LogP contribution in [-0.4, -0.2) is 179 Å². The summed E-state index contributed by atoms with van der Waals surface area (Å²) >= 11 is 0. The number of aliphatic hydroxyl groups excluding tert-OH is 1. The second kappa shape index (κ2) is 24.9. The van der Waals surface area contributed by atoms with Crippen LogP contribution in [0.1, 0.15) is 12.8 Å². The largest absolute Gasteiger partial charge is 0.659 e. The maximum absolute atomic E-state index is 10.5. The molecular formula is C17H60N2O21Si8. The lowest BCUT2D eigenvalue weighted by atomic mass is 10.5. The highest BCUT2D eigenvalue weighted by molar-refractivity contribution is 6.81. The highest BCUT2D eigenvalue weighted by Crippen LogP contribution is 2.25. The van der Waals surface area contributed by atoms with E-state index in [2.05, 4.69) is 8.23 Å². The molecule has 0 heterocycles. The predicted molar refractivity (Wildman–Crippen MR) is 183 cm³/mol. The molecule has 1 atom stereocenters. The average Bonchev–Trinajstić information content (AvgIpc) is 2.89. The molecule has 48 heavy (non-hydrogen) atoms. The molecular weight excluding hydrogens is 793 g/mol. The van der Waals surface area contributed by atoms with Gasteiger partial charge in [0.15, 0.2) is 0 Å². The molecule has 15 N–H and O–H groups in total. The number of aliphatic hydroxyl groups is 1. The first-order chi connectivity index (χ1) is 21.5. The van der Waals surface area contributed by atoms with E-state index >= 15 is 0 Å². The molecule has 0 aliphatic rings. The summed E-state index contributed by atoms with van der Waals surface area (Å²) in [6.07, 6.45) is 1.37. The average molecular weight is 853 g/mol. The fraction of sp³-hybridized carbons (Fsp3) is 1.00. The summed E-state index contributed by atoms with van der Waals surface area (Å²) in [5.74, 6) is 0. The first-order valence-corrected chi connectivity index (χ1v) is 30.8. The summed E-state index contributed by atoms with van der Waals surface area (Å²) in [5, 5.41) is 7.00. The molecule has 23 nitrogen and oxygen atoms in total. The Balaban J connectivity index is -0.000000317. The van der Waals surface area contributed by atoms with Crippen molar-refractivity contribution in [3.05, 3.63) is 0 Å². The molecule has 0 aliphatic heterocycles. The zero-order chi connectivity index (χ0) is 39.3. The zero-order valence-electron chi connectivity index (χ0n) is 29.4. The van der Waals surface area contributed by atoms with Crippen LogP contribution in [0.5, 0.6) is 0 Å². The maximum Gasteiger partial charge on any atom is 0.659 e. The van der Waals surface area contributed by atoms with Crippen LogP contribution in [0, 0.1) is 0 Å². The number of nitrogens with two attached hydrogens (primary N) is 2. The van der Waals surface area contributed by atoms with Crippen LogP contribution < -0.4 is 11.5 Å². The molecule has 296 valence electrons. The highest BCUT2D eigenvalue weighted by Gasteiger charge is 2.59. The van der Waals surface area contributed by atoms with Gasteiger partial charge < -0.3 is 107 Å². The van der Waals surface area contributed by atoms with Crippen molar-refractivity contribution >= 4 is 70.7 Å². The summed E-state index contributed by atoms with van der Waals surface area (Å²) in [7, 11) is -22.5. The van der Waals surface area contributed by atoms with E-state index in [0.717, 1.165) is 39.2 Å². The van der Waals surface area contributed by atoms with E-state index in [9.17, 15) is 19.2 Å². The van der Waals surface area contributed by atoms with Gasteiger partial charge in [0.1, 0.15) is 0 Å². The highest BCUT2D eigenvalue weighted by atomic mass is 28.5. The van der Waals surface area contributed by atoms with Gasteiger partial charge in [-0.1, -0.05) is 0 Å². The Kier molecular flexibility index (Phi) is 28.9. The van der Waals surface area contributed by atoms with Gasteiger partial charge in [-0.15, -0.1) is 0 Å². The molecule has 0 fully saturated rings. The van der Waals surface area contributed by atoms with Gasteiger partial charge in [-0.2, -0.15) is 0 Å². The summed E-state index contributed by atoms with van der Waals surface area (Å²) in [4.78, 5) is 91.9. The Bertz CT molecular complexity index is 750. The first-order valence-electron chi connectivity index (χ1n) is 13.8. The van der Waals surface area contributed by atoms with Crippen LogP contribution in [0.2, 0.25) is 44.8 Å². The van der Waals surface area contributed by atoms with Crippen LogP contribution in [0.3, 0.4) is 0 Å². The normalized spacial score (nSPS) is 14.5. The monoisotopic (exact) mass is 852 g/mol.